The van der Waals surface area contributed by atoms with Crippen molar-refractivity contribution < 1.29 is 18.7 Å². The minimum absolute atomic E-state index is 0.0808. The third-order valence-electron chi connectivity index (χ3n) is 5.13. The maximum Gasteiger partial charge on any atom is 0.343 e. The molecule has 0 saturated carbocycles. The Morgan fingerprint density at radius 1 is 0.812 bits per heavy atom. The highest BCUT2D eigenvalue weighted by Crippen LogP contribution is 2.27. The molecule has 1 aromatic heterocycles. The summed E-state index contributed by atoms with van der Waals surface area (Å²) in [7, 11) is 0. The third-order valence-corrected chi connectivity index (χ3v) is 5.13. The molecule has 0 aliphatic carbocycles. The molecule has 0 aliphatic heterocycles. The molecule has 5 aromatic rings. The molecule has 32 heavy (non-hydrogen) atoms. The number of ether oxygens (including phenoxy) is 2. The highest BCUT2D eigenvalue weighted by molar-refractivity contribution is 5.92. The fourth-order valence-electron chi connectivity index (χ4n) is 3.52. The Hall–Kier alpha value is -4.38. The molecule has 0 amide bonds. The van der Waals surface area contributed by atoms with Gasteiger partial charge in [-0.15, -0.1) is 0 Å². The smallest absolute Gasteiger partial charge is 0.343 e. The van der Waals surface area contributed by atoms with Crippen LogP contribution >= 0.6 is 0 Å². The first-order valence-electron chi connectivity index (χ1n) is 10.1. The molecule has 0 atom stereocenters. The van der Waals surface area contributed by atoms with Crippen molar-refractivity contribution in [2.45, 2.75) is 6.92 Å². The van der Waals surface area contributed by atoms with E-state index in [4.69, 9.17) is 13.9 Å². The summed E-state index contributed by atoms with van der Waals surface area (Å²) >= 11 is 0. The Bertz CT molecular complexity index is 1530. The summed E-state index contributed by atoms with van der Waals surface area (Å²) in [6.07, 6.45) is 1.27. The molecular formula is C27H18O5. The van der Waals surface area contributed by atoms with Gasteiger partial charge in [0.1, 0.15) is 23.3 Å². The number of esters is 1. The van der Waals surface area contributed by atoms with Gasteiger partial charge in [-0.2, -0.15) is 0 Å². The zero-order chi connectivity index (χ0) is 22.1. The summed E-state index contributed by atoms with van der Waals surface area (Å²) in [6.45, 7) is 1.90. The van der Waals surface area contributed by atoms with Crippen LogP contribution in [-0.2, 0) is 0 Å². The van der Waals surface area contributed by atoms with Crippen LogP contribution in [0.5, 0.6) is 17.2 Å². The van der Waals surface area contributed by atoms with E-state index in [-0.39, 0.29) is 16.9 Å². The maximum absolute atomic E-state index is 12.9. The highest BCUT2D eigenvalue weighted by atomic mass is 16.5. The van der Waals surface area contributed by atoms with E-state index in [0.717, 1.165) is 16.3 Å². The lowest BCUT2D eigenvalue weighted by Gasteiger charge is -2.08. The molecule has 0 saturated heterocycles. The summed E-state index contributed by atoms with van der Waals surface area (Å²) in [4.78, 5) is 25.3. The quantitative estimate of drug-likeness (QED) is 0.252. The minimum atomic E-state index is -0.480. The molecule has 5 heteroatoms. The second kappa shape index (κ2) is 8.04. The molecule has 0 fully saturated rings. The SMILES string of the molecule is Cc1cccc(C(=O)Oc2ccc3c(=O)c(Oc4ccc5ccccc5c4)coc3c2)c1. The van der Waals surface area contributed by atoms with Gasteiger partial charge < -0.3 is 13.9 Å². The molecule has 0 N–H and O–H groups in total. The predicted molar refractivity (Wildman–Crippen MR) is 123 cm³/mol. The van der Waals surface area contributed by atoms with Gasteiger partial charge in [0.05, 0.1) is 10.9 Å². The average Bonchev–Trinajstić information content (AvgIpc) is 2.81. The van der Waals surface area contributed by atoms with Crippen LogP contribution < -0.4 is 14.9 Å². The van der Waals surface area contributed by atoms with Gasteiger partial charge in [0.25, 0.3) is 0 Å². The first-order chi connectivity index (χ1) is 15.6. The van der Waals surface area contributed by atoms with Crippen molar-refractivity contribution in [2.75, 3.05) is 0 Å². The number of carbonyl (C=O) groups excluding carboxylic acids is 1. The Kier molecular flexibility index (Phi) is 4.92. The van der Waals surface area contributed by atoms with E-state index in [1.807, 2.05) is 49.4 Å². The van der Waals surface area contributed by atoms with Gasteiger partial charge in [-0.05, 0) is 54.1 Å². The third kappa shape index (κ3) is 3.84. The zero-order valence-electron chi connectivity index (χ0n) is 17.2. The predicted octanol–water partition coefficient (Wildman–Crippen LogP) is 6.27. The second-order valence-electron chi connectivity index (χ2n) is 7.46. The first-order valence-corrected chi connectivity index (χ1v) is 10.1. The standard InChI is InChI=1S/C27H18O5/c1-17-5-4-8-20(13-17)27(29)32-22-11-12-23-24(15-22)30-16-25(26(23)28)31-21-10-9-18-6-2-3-7-19(18)14-21/h2-16H,1H3. The number of hydrogen-bond donors (Lipinski definition) is 0. The largest absolute Gasteiger partial charge is 0.460 e. The minimum Gasteiger partial charge on any atom is -0.460 e. The lowest BCUT2D eigenvalue weighted by Crippen LogP contribution is -2.09. The van der Waals surface area contributed by atoms with E-state index >= 15 is 0 Å². The Morgan fingerprint density at radius 3 is 2.47 bits per heavy atom. The summed E-state index contributed by atoms with van der Waals surface area (Å²) in [5.41, 5.74) is 1.40. The van der Waals surface area contributed by atoms with E-state index in [9.17, 15) is 9.59 Å². The topological polar surface area (TPSA) is 65.7 Å². The average molecular weight is 422 g/mol. The monoisotopic (exact) mass is 422 g/mol. The summed E-state index contributed by atoms with van der Waals surface area (Å²) in [5.74, 6) is 0.429. The molecule has 0 aliphatic rings. The van der Waals surface area contributed by atoms with Crippen molar-refractivity contribution in [3.63, 3.8) is 0 Å². The van der Waals surface area contributed by atoms with Crippen molar-refractivity contribution in [1.29, 1.82) is 0 Å². The fraction of sp³-hybridized carbons (Fsp3) is 0.0370. The van der Waals surface area contributed by atoms with Gasteiger partial charge >= 0.3 is 5.97 Å². The van der Waals surface area contributed by atoms with Gasteiger partial charge in [-0.25, -0.2) is 4.79 Å². The maximum atomic E-state index is 12.9. The van der Waals surface area contributed by atoms with Gasteiger partial charge in [0.2, 0.25) is 11.2 Å². The first kappa shape index (κ1) is 19.6. The lowest BCUT2D eigenvalue weighted by molar-refractivity contribution is 0.0735. The Morgan fingerprint density at radius 2 is 1.62 bits per heavy atom. The van der Waals surface area contributed by atoms with E-state index in [2.05, 4.69) is 0 Å². The van der Waals surface area contributed by atoms with Gasteiger partial charge in [0.15, 0.2) is 0 Å². The van der Waals surface area contributed by atoms with E-state index in [1.54, 1.807) is 36.4 Å². The van der Waals surface area contributed by atoms with Gasteiger partial charge in [0, 0.05) is 6.07 Å². The molecule has 1 heterocycles. The fourth-order valence-corrected chi connectivity index (χ4v) is 3.52. The molecule has 5 rings (SSSR count). The molecule has 4 aromatic carbocycles. The number of hydrogen-bond acceptors (Lipinski definition) is 5. The van der Waals surface area contributed by atoms with Crippen LogP contribution in [-0.4, -0.2) is 5.97 Å². The van der Waals surface area contributed by atoms with Crippen molar-refractivity contribution in [1.82, 2.24) is 0 Å². The van der Waals surface area contributed by atoms with Crippen LogP contribution in [0.15, 0.2) is 100 Å². The lowest BCUT2D eigenvalue weighted by atomic mass is 10.1. The van der Waals surface area contributed by atoms with Gasteiger partial charge in [-0.1, -0.05) is 48.0 Å². The van der Waals surface area contributed by atoms with Crippen molar-refractivity contribution in [3.8, 4) is 17.2 Å². The number of benzene rings is 4. The molecule has 156 valence electrons. The molecule has 5 nitrogen and oxygen atoms in total. The molecule has 0 radical (unpaired) electrons. The van der Waals surface area contributed by atoms with Crippen LogP contribution in [0.1, 0.15) is 15.9 Å². The van der Waals surface area contributed by atoms with Crippen LogP contribution in [0.25, 0.3) is 21.7 Å². The van der Waals surface area contributed by atoms with Crippen LogP contribution in [0.4, 0.5) is 0 Å². The van der Waals surface area contributed by atoms with E-state index < -0.39 is 5.97 Å². The molecule has 0 unspecified atom stereocenters. The molecule has 0 spiro atoms. The Labute approximate surface area is 183 Å². The molecular weight excluding hydrogens is 404 g/mol. The van der Waals surface area contributed by atoms with Crippen LogP contribution in [0.3, 0.4) is 0 Å². The number of carbonyl (C=O) groups is 1. The normalized spacial score (nSPS) is 10.9. The summed E-state index contributed by atoms with van der Waals surface area (Å²) in [5, 5.41) is 2.42. The van der Waals surface area contributed by atoms with Crippen molar-refractivity contribution in [2.24, 2.45) is 0 Å². The van der Waals surface area contributed by atoms with E-state index in [0.29, 0.717) is 22.3 Å². The van der Waals surface area contributed by atoms with E-state index in [1.165, 1.54) is 12.3 Å². The van der Waals surface area contributed by atoms with Crippen molar-refractivity contribution >= 4 is 27.7 Å². The number of fused-ring (bicyclic) bond motifs is 2. The number of rotatable bonds is 4. The zero-order valence-corrected chi connectivity index (χ0v) is 17.2. The van der Waals surface area contributed by atoms with Crippen LogP contribution in [0.2, 0.25) is 0 Å². The van der Waals surface area contributed by atoms with Crippen LogP contribution in [0, 0.1) is 6.92 Å². The van der Waals surface area contributed by atoms with Gasteiger partial charge in [-0.3, -0.25) is 4.79 Å². The summed E-state index contributed by atoms with van der Waals surface area (Å²) in [6, 6.07) is 25.3. The number of aryl methyl sites for hydroxylation is 1. The molecule has 0 bridgehead atoms. The Balaban J connectivity index is 1.41. The highest BCUT2D eigenvalue weighted by Gasteiger charge is 2.13. The van der Waals surface area contributed by atoms with Crippen molar-refractivity contribution in [3.05, 3.63) is 113 Å². The second-order valence-corrected chi connectivity index (χ2v) is 7.46. The summed E-state index contributed by atoms with van der Waals surface area (Å²) < 4.78 is 16.8.